The van der Waals surface area contributed by atoms with Crippen molar-refractivity contribution in [1.82, 2.24) is 14.5 Å². The van der Waals surface area contributed by atoms with E-state index in [-0.39, 0.29) is 0 Å². The van der Waals surface area contributed by atoms with E-state index in [2.05, 4.69) is 16.5 Å². The fourth-order valence-electron chi connectivity index (χ4n) is 2.45. The number of nitrogen functional groups attached to an aromatic ring is 1. The molecule has 0 aromatic carbocycles. The van der Waals surface area contributed by atoms with Crippen LogP contribution in [0.4, 0.5) is 5.82 Å². The predicted octanol–water partition coefficient (Wildman–Crippen LogP) is 2.82. The zero-order valence-corrected chi connectivity index (χ0v) is 12.0. The van der Waals surface area contributed by atoms with Crippen LogP contribution < -0.4 is 10.5 Å². The number of methoxy groups -OCH3 is 1. The van der Waals surface area contributed by atoms with Crippen molar-refractivity contribution in [1.29, 1.82) is 0 Å². The highest BCUT2D eigenvalue weighted by atomic mass is 16.5. The lowest BCUT2D eigenvalue weighted by molar-refractivity contribution is 0.398. The molecule has 0 bridgehead atoms. The summed E-state index contributed by atoms with van der Waals surface area (Å²) in [5.74, 6) is 3.07. The van der Waals surface area contributed by atoms with Crippen molar-refractivity contribution < 1.29 is 4.74 Å². The lowest BCUT2D eigenvalue weighted by Crippen LogP contribution is -2.06. The minimum Gasteiger partial charge on any atom is -0.481 e. The van der Waals surface area contributed by atoms with Crippen molar-refractivity contribution in [3.63, 3.8) is 0 Å². The van der Waals surface area contributed by atoms with Crippen molar-refractivity contribution in [2.24, 2.45) is 0 Å². The van der Waals surface area contributed by atoms with E-state index in [1.165, 1.54) is 12.8 Å². The third-order valence-corrected chi connectivity index (χ3v) is 3.64. The van der Waals surface area contributed by atoms with Gasteiger partial charge in [0.15, 0.2) is 0 Å². The summed E-state index contributed by atoms with van der Waals surface area (Å²) in [5, 5.41) is 0. The number of imidazole rings is 1. The standard InChI is InChI=1S/C15H20N4O/c1-3-8-19-14(16)13(18-15(19)10-4-5-10)11-6-7-12(20-2)17-9-11/h6-7,9-10H,3-5,8,16H2,1-2H3. The number of anilines is 1. The molecule has 0 amide bonds. The molecule has 1 saturated carbocycles. The Morgan fingerprint density at radius 2 is 2.20 bits per heavy atom. The first-order valence-corrected chi connectivity index (χ1v) is 7.11. The van der Waals surface area contributed by atoms with Gasteiger partial charge in [-0.05, 0) is 25.3 Å². The largest absolute Gasteiger partial charge is 0.481 e. The third-order valence-electron chi connectivity index (χ3n) is 3.64. The van der Waals surface area contributed by atoms with Crippen LogP contribution in [0.2, 0.25) is 0 Å². The van der Waals surface area contributed by atoms with E-state index in [0.717, 1.165) is 35.9 Å². The average molecular weight is 272 g/mol. The van der Waals surface area contributed by atoms with Crippen LogP contribution in [-0.4, -0.2) is 21.6 Å². The van der Waals surface area contributed by atoms with E-state index in [4.69, 9.17) is 15.5 Å². The molecule has 20 heavy (non-hydrogen) atoms. The Morgan fingerprint density at radius 1 is 1.40 bits per heavy atom. The van der Waals surface area contributed by atoms with Gasteiger partial charge in [0.25, 0.3) is 0 Å². The Labute approximate surface area is 118 Å². The molecule has 1 aliphatic rings. The average Bonchev–Trinajstić information content (AvgIpc) is 3.27. The smallest absolute Gasteiger partial charge is 0.212 e. The van der Waals surface area contributed by atoms with Gasteiger partial charge in [-0.25, -0.2) is 9.97 Å². The minimum atomic E-state index is 0.587. The van der Waals surface area contributed by atoms with Gasteiger partial charge in [-0.3, -0.25) is 0 Å². The van der Waals surface area contributed by atoms with Crippen molar-refractivity contribution >= 4 is 5.82 Å². The van der Waals surface area contributed by atoms with Gasteiger partial charge < -0.3 is 15.0 Å². The Bertz CT molecular complexity index is 599. The predicted molar refractivity (Wildman–Crippen MR) is 78.7 cm³/mol. The number of rotatable bonds is 5. The number of hydrogen-bond acceptors (Lipinski definition) is 4. The fraction of sp³-hybridized carbons (Fsp3) is 0.467. The van der Waals surface area contributed by atoms with Gasteiger partial charge in [-0.1, -0.05) is 6.92 Å². The number of nitrogens with zero attached hydrogens (tertiary/aromatic N) is 3. The summed E-state index contributed by atoms with van der Waals surface area (Å²) < 4.78 is 7.25. The molecule has 1 aliphatic carbocycles. The highest BCUT2D eigenvalue weighted by Crippen LogP contribution is 2.42. The number of hydrogen-bond donors (Lipinski definition) is 1. The Kier molecular flexibility index (Phi) is 3.34. The molecule has 2 aromatic heterocycles. The second kappa shape index (κ2) is 5.15. The quantitative estimate of drug-likeness (QED) is 0.909. The van der Waals surface area contributed by atoms with Gasteiger partial charge in [-0.2, -0.15) is 0 Å². The summed E-state index contributed by atoms with van der Waals surface area (Å²) in [5.41, 5.74) is 8.09. The maximum atomic E-state index is 6.30. The molecule has 3 rings (SSSR count). The molecule has 2 N–H and O–H groups in total. The van der Waals surface area contributed by atoms with Crippen LogP contribution in [0.25, 0.3) is 11.3 Å². The van der Waals surface area contributed by atoms with Crippen molar-refractivity contribution in [3.8, 4) is 17.1 Å². The molecule has 0 atom stereocenters. The summed E-state index contributed by atoms with van der Waals surface area (Å²) in [6, 6.07) is 3.79. The molecule has 2 heterocycles. The summed E-state index contributed by atoms with van der Waals surface area (Å²) >= 11 is 0. The van der Waals surface area contributed by atoms with E-state index in [0.29, 0.717) is 11.8 Å². The second-order valence-electron chi connectivity index (χ2n) is 5.22. The molecule has 0 spiro atoms. The van der Waals surface area contributed by atoms with Gasteiger partial charge in [0.05, 0.1) is 7.11 Å². The van der Waals surface area contributed by atoms with Crippen molar-refractivity contribution in [3.05, 3.63) is 24.2 Å². The van der Waals surface area contributed by atoms with Crippen LogP contribution in [0.3, 0.4) is 0 Å². The maximum absolute atomic E-state index is 6.30. The first-order chi connectivity index (χ1) is 9.74. The van der Waals surface area contributed by atoms with Gasteiger partial charge >= 0.3 is 0 Å². The zero-order valence-electron chi connectivity index (χ0n) is 12.0. The molecule has 106 valence electrons. The number of aromatic nitrogens is 3. The molecule has 2 aromatic rings. The monoisotopic (exact) mass is 272 g/mol. The molecule has 0 radical (unpaired) electrons. The SMILES string of the molecule is CCCn1c(C2CC2)nc(-c2ccc(OC)nc2)c1N. The molecule has 0 aliphatic heterocycles. The summed E-state index contributed by atoms with van der Waals surface area (Å²) in [6.45, 7) is 3.08. The van der Waals surface area contributed by atoms with E-state index in [9.17, 15) is 0 Å². The molecular formula is C15H20N4O. The van der Waals surface area contributed by atoms with E-state index >= 15 is 0 Å². The zero-order chi connectivity index (χ0) is 14.1. The molecule has 5 heteroatoms. The van der Waals surface area contributed by atoms with Crippen molar-refractivity contribution in [2.75, 3.05) is 12.8 Å². The van der Waals surface area contributed by atoms with E-state index < -0.39 is 0 Å². The normalized spacial score (nSPS) is 14.5. The fourth-order valence-corrected chi connectivity index (χ4v) is 2.45. The van der Waals surface area contributed by atoms with Gasteiger partial charge in [0, 0.05) is 30.3 Å². The van der Waals surface area contributed by atoms with Gasteiger partial charge in [0.1, 0.15) is 17.3 Å². The van der Waals surface area contributed by atoms with E-state index in [1.807, 2.05) is 12.1 Å². The Balaban J connectivity index is 2.01. The molecule has 1 fully saturated rings. The van der Waals surface area contributed by atoms with Crippen LogP contribution in [-0.2, 0) is 6.54 Å². The third kappa shape index (κ3) is 2.24. The molecular weight excluding hydrogens is 252 g/mol. The number of ether oxygens (including phenoxy) is 1. The second-order valence-corrected chi connectivity index (χ2v) is 5.22. The molecule has 5 nitrogen and oxygen atoms in total. The maximum Gasteiger partial charge on any atom is 0.212 e. The molecule has 0 unspecified atom stereocenters. The van der Waals surface area contributed by atoms with Crippen LogP contribution in [0.5, 0.6) is 5.88 Å². The minimum absolute atomic E-state index is 0.587. The van der Waals surface area contributed by atoms with E-state index in [1.54, 1.807) is 13.3 Å². The Morgan fingerprint density at radius 3 is 2.75 bits per heavy atom. The van der Waals surface area contributed by atoms with Crippen molar-refractivity contribution in [2.45, 2.75) is 38.6 Å². The van der Waals surface area contributed by atoms with Gasteiger partial charge in [0.2, 0.25) is 5.88 Å². The lowest BCUT2D eigenvalue weighted by Gasteiger charge is -2.07. The molecule has 0 saturated heterocycles. The summed E-state index contributed by atoms with van der Waals surface area (Å²) in [6.07, 6.45) is 5.27. The lowest BCUT2D eigenvalue weighted by atomic mass is 10.2. The first-order valence-electron chi connectivity index (χ1n) is 7.11. The highest BCUT2D eigenvalue weighted by molar-refractivity contribution is 5.70. The first kappa shape index (κ1) is 13.0. The van der Waals surface area contributed by atoms with Gasteiger partial charge in [-0.15, -0.1) is 0 Å². The van der Waals surface area contributed by atoms with Crippen LogP contribution in [0, 0.1) is 0 Å². The number of nitrogens with two attached hydrogens (primary N) is 1. The topological polar surface area (TPSA) is 66.0 Å². The van der Waals surface area contributed by atoms with Crippen LogP contribution >= 0.6 is 0 Å². The summed E-state index contributed by atoms with van der Waals surface area (Å²) in [7, 11) is 1.61. The highest BCUT2D eigenvalue weighted by Gasteiger charge is 2.30. The number of pyridine rings is 1. The Hall–Kier alpha value is -2.04. The summed E-state index contributed by atoms with van der Waals surface area (Å²) in [4.78, 5) is 9.01. The van der Waals surface area contributed by atoms with Crippen LogP contribution in [0.1, 0.15) is 37.9 Å². The van der Waals surface area contributed by atoms with Crippen LogP contribution in [0.15, 0.2) is 18.3 Å².